The second kappa shape index (κ2) is 12.8. The van der Waals surface area contributed by atoms with Crippen LogP contribution in [0.25, 0.3) is 0 Å². The summed E-state index contributed by atoms with van der Waals surface area (Å²) in [7, 11) is -5.69. The number of rotatable bonds is 12. The molecule has 0 heterocycles. The summed E-state index contributed by atoms with van der Waals surface area (Å²) in [5, 5.41) is -4.59. The van der Waals surface area contributed by atoms with E-state index in [0.29, 0.717) is 32.1 Å². The maximum Gasteiger partial charge on any atom is 0.402 e. The summed E-state index contributed by atoms with van der Waals surface area (Å²) in [4.78, 5) is 63.6. The Labute approximate surface area is 257 Å². The normalized spacial score (nSPS) is 34.5. The van der Waals surface area contributed by atoms with E-state index in [2.05, 4.69) is 11.7 Å². The Kier molecular flexibility index (Phi) is 10.1. The molecule has 1 unspecified atom stereocenters. The van der Waals surface area contributed by atoms with Crippen molar-refractivity contribution in [2.24, 2.45) is 46.3 Å². The van der Waals surface area contributed by atoms with E-state index < -0.39 is 39.3 Å². The van der Waals surface area contributed by atoms with Crippen molar-refractivity contribution in [3.8, 4) is 0 Å². The van der Waals surface area contributed by atoms with Crippen molar-refractivity contribution in [2.45, 2.75) is 103 Å². The fraction of sp³-hybridized carbons (Fsp3) is 0.839. The summed E-state index contributed by atoms with van der Waals surface area (Å²) in [6.07, 6.45) is 4.85. The van der Waals surface area contributed by atoms with Crippen molar-refractivity contribution in [3.05, 3.63) is 0 Å². The molecule has 0 bridgehead atoms. The molecule has 8 atom stereocenters. The largest absolute Gasteiger partial charge is 0.466 e. The third kappa shape index (κ3) is 6.64. The van der Waals surface area contributed by atoms with Crippen LogP contribution in [0, 0.1) is 46.3 Å². The summed E-state index contributed by atoms with van der Waals surface area (Å²) in [6, 6.07) is 0. The molecule has 0 aromatic rings. The van der Waals surface area contributed by atoms with Crippen LogP contribution in [0.15, 0.2) is 0 Å². The first-order chi connectivity index (χ1) is 20.4. The van der Waals surface area contributed by atoms with Crippen molar-refractivity contribution in [1.82, 2.24) is 0 Å². The van der Waals surface area contributed by atoms with Crippen LogP contribution in [0.3, 0.4) is 0 Å². The molecule has 0 radical (unpaired) electrons. The van der Waals surface area contributed by atoms with Gasteiger partial charge < -0.3 is 9.47 Å². The highest BCUT2D eigenvalue weighted by molar-refractivity contribution is 7.86. The van der Waals surface area contributed by atoms with E-state index in [1.807, 2.05) is 13.8 Å². The van der Waals surface area contributed by atoms with Gasteiger partial charge in [0.1, 0.15) is 17.3 Å². The molecule has 4 aliphatic rings. The minimum Gasteiger partial charge on any atom is -0.466 e. The average Bonchev–Trinajstić information content (AvgIpc) is 3.29. The molecule has 0 aromatic heterocycles. The standard InChI is InChI=1S/C31H44F2O10S/c1-18(7-10-27(38)42-13-5-4-6-26(37)43-17-31(32,33)44(39,40)41)21-8-9-22-28-23(16-25(36)30(21,22)3)29(2)12-11-20(34)14-19(29)15-24(28)35/h18-19,21-23,28H,4-17H2,1-3H3,(H,39,40,41)/t18-,19?,21-,22+,23+,28+,29+,30-/m1/s1. The molecule has 13 heteroatoms. The zero-order valence-corrected chi connectivity index (χ0v) is 26.5. The molecule has 248 valence electrons. The fourth-order valence-electron chi connectivity index (χ4n) is 8.88. The van der Waals surface area contributed by atoms with E-state index in [1.54, 1.807) is 0 Å². The van der Waals surface area contributed by atoms with Crippen molar-refractivity contribution < 1.29 is 55.2 Å². The SMILES string of the molecule is C[C@H](CCC(=O)OCCCCC(=O)OCC(F)(F)S(=O)(=O)O)[C@H]1CC[C@H]2[C@@H]3C(=O)CC4CC(=O)CC[C@]4(C)[C@H]3CC(=O)[C@]12C. The van der Waals surface area contributed by atoms with Crippen LogP contribution in [0.1, 0.15) is 97.8 Å². The van der Waals surface area contributed by atoms with Gasteiger partial charge in [0.2, 0.25) is 0 Å². The van der Waals surface area contributed by atoms with Crippen LogP contribution in [-0.4, -0.2) is 60.7 Å². The summed E-state index contributed by atoms with van der Waals surface area (Å²) < 4.78 is 65.2. The molecule has 10 nitrogen and oxygen atoms in total. The molecular formula is C31H44F2O10S. The molecule has 4 aliphatic carbocycles. The summed E-state index contributed by atoms with van der Waals surface area (Å²) in [5.41, 5.74) is -0.803. The highest BCUT2D eigenvalue weighted by Crippen LogP contribution is 2.66. The zero-order chi connectivity index (χ0) is 32.7. The number of esters is 2. The van der Waals surface area contributed by atoms with E-state index in [0.717, 1.165) is 19.3 Å². The molecule has 0 amide bonds. The van der Waals surface area contributed by atoms with Crippen LogP contribution in [0.5, 0.6) is 0 Å². The number of hydrogen-bond acceptors (Lipinski definition) is 9. The number of carbonyl (C=O) groups is 5. The maximum atomic E-state index is 13.9. The van der Waals surface area contributed by atoms with Gasteiger partial charge in [-0.15, -0.1) is 0 Å². The minimum absolute atomic E-state index is 0.0000833. The topological polar surface area (TPSA) is 158 Å². The zero-order valence-electron chi connectivity index (χ0n) is 25.6. The Morgan fingerprint density at radius 3 is 2.36 bits per heavy atom. The monoisotopic (exact) mass is 646 g/mol. The quantitative estimate of drug-likeness (QED) is 0.179. The number of alkyl halides is 2. The van der Waals surface area contributed by atoms with Gasteiger partial charge in [-0.05, 0) is 73.5 Å². The van der Waals surface area contributed by atoms with Gasteiger partial charge in [-0.1, -0.05) is 20.8 Å². The molecule has 44 heavy (non-hydrogen) atoms. The molecule has 0 aliphatic heterocycles. The van der Waals surface area contributed by atoms with Gasteiger partial charge in [-0.2, -0.15) is 17.2 Å². The molecule has 0 saturated heterocycles. The molecule has 4 rings (SSSR count). The van der Waals surface area contributed by atoms with Crippen molar-refractivity contribution >= 4 is 39.4 Å². The van der Waals surface area contributed by atoms with Gasteiger partial charge in [-0.3, -0.25) is 28.5 Å². The summed E-state index contributed by atoms with van der Waals surface area (Å²) in [5.74, 6) is -0.981. The van der Waals surface area contributed by atoms with Gasteiger partial charge >= 0.3 is 27.3 Å². The van der Waals surface area contributed by atoms with E-state index in [1.165, 1.54) is 0 Å². The Balaban J connectivity index is 1.23. The predicted octanol–water partition coefficient (Wildman–Crippen LogP) is 4.73. The molecule has 0 aromatic carbocycles. The molecule has 0 spiro atoms. The van der Waals surface area contributed by atoms with Crippen molar-refractivity contribution in [3.63, 3.8) is 0 Å². The smallest absolute Gasteiger partial charge is 0.402 e. The number of fused-ring (bicyclic) bond motifs is 5. The van der Waals surface area contributed by atoms with E-state index in [-0.39, 0.29) is 90.6 Å². The molecule has 4 fully saturated rings. The minimum atomic E-state index is -5.69. The van der Waals surface area contributed by atoms with Gasteiger partial charge in [0.05, 0.1) is 6.61 Å². The van der Waals surface area contributed by atoms with E-state index in [9.17, 15) is 41.2 Å². The second-order valence-corrected chi connectivity index (χ2v) is 15.5. The Morgan fingerprint density at radius 2 is 1.68 bits per heavy atom. The lowest BCUT2D eigenvalue weighted by atomic mass is 9.44. The van der Waals surface area contributed by atoms with Gasteiger partial charge in [0.15, 0.2) is 6.61 Å². The number of ketones is 3. The van der Waals surface area contributed by atoms with Crippen molar-refractivity contribution in [1.29, 1.82) is 0 Å². The first kappa shape index (κ1) is 34.6. The number of hydrogen-bond donors (Lipinski definition) is 1. The Hall–Kier alpha value is -2.28. The van der Waals surface area contributed by atoms with Crippen LogP contribution < -0.4 is 0 Å². The number of Topliss-reactive ketones (excluding diaryl/α,β-unsaturated/α-hetero) is 3. The highest BCUT2D eigenvalue weighted by Gasteiger charge is 2.66. The average molecular weight is 647 g/mol. The Morgan fingerprint density at radius 1 is 1.00 bits per heavy atom. The maximum absolute atomic E-state index is 13.9. The second-order valence-electron chi connectivity index (χ2n) is 13.9. The van der Waals surface area contributed by atoms with Crippen molar-refractivity contribution in [2.75, 3.05) is 13.2 Å². The summed E-state index contributed by atoms with van der Waals surface area (Å²) in [6.45, 7) is 4.45. The first-order valence-electron chi connectivity index (χ1n) is 15.7. The van der Waals surface area contributed by atoms with Gasteiger partial charge in [0, 0.05) is 49.9 Å². The Bertz CT molecular complexity index is 1280. The number of carbonyl (C=O) groups excluding carboxylic acids is 5. The fourth-order valence-corrected chi connectivity index (χ4v) is 9.09. The van der Waals surface area contributed by atoms with E-state index in [4.69, 9.17) is 9.29 Å². The van der Waals surface area contributed by atoms with Crippen LogP contribution >= 0.6 is 0 Å². The molecular weight excluding hydrogens is 602 g/mol. The summed E-state index contributed by atoms with van der Waals surface area (Å²) >= 11 is 0. The highest BCUT2D eigenvalue weighted by atomic mass is 32.2. The number of halogens is 2. The van der Waals surface area contributed by atoms with Gasteiger partial charge in [-0.25, -0.2) is 0 Å². The number of unbranched alkanes of at least 4 members (excludes halogenated alkanes) is 1. The van der Waals surface area contributed by atoms with Crippen LogP contribution in [0.4, 0.5) is 8.78 Å². The predicted molar refractivity (Wildman–Crippen MR) is 152 cm³/mol. The first-order valence-corrected chi connectivity index (χ1v) is 17.1. The number of ether oxygens (including phenoxy) is 2. The third-order valence-corrected chi connectivity index (χ3v) is 12.4. The lowest BCUT2D eigenvalue weighted by Gasteiger charge is -2.58. The van der Waals surface area contributed by atoms with Crippen LogP contribution in [0.2, 0.25) is 0 Å². The third-order valence-electron chi connectivity index (χ3n) is 11.5. The lowest BCUT2D eigenvalue weighted by molar-refractivity contribution is -0.166. The van der Waals surface area contributed by atoms with E-state index >= 15 is 0 Å². The van der Waals surface area contributed by atoms with Crippen LogP contribution in [-0.2, 0) is 43.6 Å². The lowest BCUT2D eigenvalue weighted by Crippen LogP contribution is -2.60. The molecule has 4 saturated carbocycles. The van der Waals surface area contributed by atoms with Gasteiger partial charge in [0.25, 0.3) is 0 Å². The molecule has 1 N–H and O–H groups in total.